The number of anilines is 1. The number of ether oxygens (including phenoxy) is 1. The molecule has 0 saturated heterocycles. The number of nitrogens with one attached hydrogen (secondary N) is 1. The van der Waals surface area contributed by atoms with E-state index in [1.54, 1.807) is 29.6 Å². The lowest BCUT2D eigenvalue weighted by molar-refractivity contribution is -0.115. The standard InChI is InChI=1S/C14H11Cl2NO3S/c1-20-14(19)13-11(5-6-21-13)17-12(18)7-8-9(15)3-2-4-10(8)16/h2-6H,7H2,1H3,(H,17,18). The molecular weight excluding hydrogens is 333 g/mol. The number of carbonyl (C=O) groups excluding carboxylic acids is 2. The first kappa shape index (κ1) is 15.8. The third-order valence-electron chi connectivity index (χ3n) is 2.71. The Morgan fingerprint density at radius 2 is 1.90 bits per heavy atom. The molecule has 0 fully saturated rings. The van der Waals surface area contributed by atoms with E-state index < -0.39 is 5.97 Å². The molecule has 1 amide bonds. The van der Waals surface area contributed by atoms with Gasteiger partial charge in [-0.3, -0.25) is 4.79 Å². The summed E-state index contributed by atoms with van der Waals surface area (Å²) in [6, 6.07) is 6.68. The van der Waals surface area contributed by atoms with Crippen molar-refractivity contribution in [3.05, 3.63) is 50.1 Å². The number of carbonyl (C=O) groups is 2. The van der Waals surface area contributed by atoms with E-state index in [1.165, 1.54) is 18.4 Å². The van der Waals surface area contributed by atoms with E-state index in [2.05, 4.69) is 10.1 Å². The van der Waals surface area contributed by atoms with Gasteiger partial charge in [0.2, 0.25) is 5.91 Å². The second-order valence-electron chi connectivity index (χ2n) is 4.08. The van der Waals surface area contributed by atoms with Crippen LogP contribution in [0.2, 0.25) is 10.0 Å². The fourth-order valence-corrected chi connectivity index (χ4v) is 3.01. The van der Waals surface area contributed by atoms with Gasteiger partial charge in [-0.1, -0.05) is 29.3 Å². The van der Waals surface area contributed by atoms with Crippen molar-refractivity contribution in [1.29, 1.82) is 0 Å². The summed E-state index contributed by atoms with van der Waals surface area (Å²) in [6.45, 7) is 0. The van der Waals surface area contributed by atoms with Gasteiger partial charge in [0.1, 0.15) is 4.88 Å². The predicted octanol–water partition coefficient (Wildman–Crippen LogP) is 4.02. The Morgan fingerprint density at radius 1 is 1.24 bits per heavy atom. The minimum absolute atomic E-state index is 0.0228. The van der Waals surface area contributed by atoms with Crippen LogP contribution in [0.4, 0.5) is 5.69 Å². The van der Waals surface area contributed by atoms with Gasteiger partial charge in [0.05, 0.1) is 19.2 Å². The van der Waals surface area contributed by atoms with Crippen molar-refractivity contribution in [1.82, 2.24) is 0 Å². The smallest absolute Gasteiger partial charge is 0.350 e. The molecule has 0 aliphatic carbocycles. The highest BCUT2D eigenvalue weighted by Crippen LogP contribution is 2.26. The lowest BCUT2D eigenvalue weighted by Gasteiger charge is -2.08. The molecule has 0 aliphatic rings. The van der Waals surface area contributed by atoms with Gasteiger partial charge in [-0.15, -0.1) is 11.3 Å². The normalized spacial score (nSPS) is 10.2. The Labute approximate surface area is 135 Å². The Balaban J connectivity index is 2.13. The van der Waals surface area contributed by atoms with Gasteiger partial charge in [0.25, 0.3) is 0 Å². The first-order valence-electron chi connectivity index (χ1n) is 5.91. The first-order valence-corrected chi connectivity index (χ1v) is 7.55. The summed E-state index contributed by atoms with van der Waals surface area (Å²) in [5.41, 5.74) is 0.966. The molecule has 0 atom stereocenters. The highest BCUT2D eigenvalue weighted by atomic mass is 35.5. The van der Waals surface area contributed by atoms with Crippen molar-refractivity contribution in [3.63, 3.8) is 0 Å². The van der Waals surface area contributed by atoms with Crippen LogP contribution in [0.5, 0.6) is 0 Å². The van der Waals surface area contributed by atoms with Gasteiger partial charge in [-0.05, 0) is 29.1 Å². The predicted molar refractivity (Wildman–Crippen MR) is 84.5 cm³/mol. The molecule has 110 valence electrons. The highest BCUT2D eigenvalue weighted by Gasteiger charge is 2.17. The maximum absolute atomic E-state index is 12.1. The largest absolute Gasteiger partial charge is 0.465 e. The number of halogens is 2. The summed E-state index contributed by atoms with van der Waals surface area (Å²) < 4.78 is 4.65. The summed E-state index contributed by atoms with van der Waals surface area (Å²) in [5.74, 6) is -0.801. The van der Waals surface area contributed by atoms with E-state index in [0.29, 0.717) is 26.2 Å². The highest BCUT2D eigenvalue weighted by molar-refractivity contribution is 7.12. The van der Waals surface area contributed by atoms with E-state index in [1.807, 2.05) is 0 Å². The molecule has 0 spiro atoms. The third-order valence-corrected chi connectivity index (χ3v) is 4.31. The molecule has 1 aromatic carbocycles. The molecule has 1 heterocycles. The van der Waals surface area contributed by atoms with Crippen LogP contribution in [0.1, 0.15) is 15.2 Å². The molecule has 2 rings (SSSR count). The van der Waals surface area contributed by atoms with Crippen molar-refractivity contribution in [3.8, 4) is 0 Å². The molecule has 4 nitrogen and oxygen atoms in total. The van der Waals surface area contributed by atoms with Crippen molar-refractivity contribution in [2.75, 3.05) is 12.4 Å². The average Bonchev–Trinajstić information content (AvgIpc) is 2.90. The van der Waals surface area contributed by atoms with Crippen LogP contribution in [0, 0.1) is 0 Å². The monoisotopic (exact) mass is 343 g/mol. The number of hydrogen-bond acceptors (Lipinski definition) is 4. The van der Waals surface area contributed by atoms with Gasteiger partial charge in [-0.25, -0.2) is 4.79 Å². The average molecular weight is 344 g/mol. The zero-order valence-electron chi connectivity index (χ0n) is 11.0. The topological polar surface area (TPSA) is 55.4 Å². The maximum Gasteiger partial charge on any atom is 0.350 e. The lowest BCUT2D eigenvalue weighted by Crippen LogP contribution is -2.16. The van der Waals surface area contributed by atoms with Crippen molar-refractivity contribution < 1.29 is 14.3 Å². The van der Waals surface area contributed by atoms with E-state index in [9.17, 15) is 9.59 Å². The molecule has 2 aromatic rings. The molecule has 21 heavy (non-hydrogen) atoms. The Bertz CT molecular complexity index is 664. The number of hydrogen-bond donors (Lipinski definition) is 1. The second kappa shape index (κ2) is 6.93. The lowest BCUT2D eigenvalue weighted by atomic mass is 10.1. The summed E-state index contributed by atoms with van der Waals surface area (Å²) in [6.07, 6.45) is 0.0228. The number of rotatable bonds is 4. The minimum Gasteiger partial charge on any atom is -0.465 e. The first-order chi connectivity index (χ1) is 10.0. The Hall–Kier alpha value is -1.56. The van der Waals surface area contributed by atoms with Gasteiger partial charge in [0.15, 0.2) is 0 Å². The Morgan fingerprint density at radius 3 is 2.52 bits per heavy atom. The van der Waals surface area contributed by atoms with Gasteiger partial charge < -0.3 is 10.1 Å². The number of esters is 1. The molecule has 0 unspecified atom stereocenters. The van der Waals surface area contributed by atoms with E-state index in [-0.39, 0.29) is 12.3 Å². The van der Waals surface area contributed by atoms with Crippen LogP contribution in [0.15, 0.2) is 29.6 Å². The molecule has 1 aromatic heterocycles. The summed E-state index contributed by atoms with van der Waals surface area (Å²) >= 11 is 13.2. The summed E-state index contributed by atoms with van der Waals surface area (Å²) in [5, 5.41) is 5.21. The summed E-state index contributed by atoms with van der Waals surface area (Å²) in [7, 11) is 1.29. The number of amides is 1. The van der Waals surface area contributed by atoms with Crippen LogP contribution in [0.25, 0.3) is 0 Å². The fourth-order valence-electron chi connectivity index (χ4n) is 1.71. The summed E-state index contributed by atoms with van der Waals surface area (Å²) in [4.78, 5) is 24.0. The zero-order chi connectivity index (χ0) is 15.4. The molecule has 0 aliphatic heterocycles. The van der Waals surface area contributed by atoms with Gasteiger partial charge in [0, 0.05) is 10.0 Å². The van der Waals surface area contributed by atoms with Crippen molar-refractivity contribution >= 4 is 52.1 Å². The molecule has 7 heteroatoms. The molecule has 0 saturated carbocycles. The number of methoxy groups -OCH3 is 1. The third kappa shape index (κ3) is 3.75. The molecule has 0 bridgehead atoms. The minimum atomic E-state index is -0.490. The zero-order valence-corrected chi connectivity index (χ0v) is 13.3. The van der Waals surface area contributed by atoms with Gasteiger partial charge >= 0.3 is 5.97 Å². The molecule has 1 N–H and O–H groups in total. The SMILES string of the molecule is COC(=O)c1sccc1NC(=O)Cc1c(Cl)cccc1Cl. The van der Waals surface area contributed by atoms with E-state index in [0.717, 1.165) is 0 Å². The maximum atomic E-state index is 12.1. The van der Waals surface area contributed by atoms with E-state index >= 15 is 0 Å². The van der Waals surface area contributed by atoms with Crippen LogP contribution < -0.4 is 5.32 Å². The molecular formula is C14H11Cl2NO3S. The Kier molecular flexibility index (Phi) is 5.22. The van der Waals surface area contributed by atoms with E-state index in [4.69, 9.17) is 23.2 Å². The van der Waals surface area contributed by atoms with Gasteiger partial charge in [-0.2, -0.15) is 0 Å². The van der Waals surface area contributed by atoms with Crippen LogP contribution in [-0.2, 0) is 16.0 Å². The van der Waals surface area contributed by atoms with Crippen LogP contribution in [-0.4, -0.2) is 19.0 Å². The fraction of sp³-hybridized carbons (Fsp3) is 0.143. The second-order valence-corrected chi connectivity index (χ2v) is 5.81. The van der Waals surface area contributed by atoms with Crippen LogP contribution >= 0.6 is 34.5 Å². The van der Waals surface area contributed by atoms with Crippen molar-refractivity contribution in [2.45, 2.75) is 6.42 Å². The quantitative estimate of drug-likeness (QED) is 0.853. The van der Waals surface area contributed by atoms with Crippen LogP contribution in [0.3, 0.4) is 0 Å². The number of benzene rings is 1. The van der Waals surface area contributed by atoms with Crippen molar-refractivity contribution in [2.24, 2.45) is 0 Å². The molecule has 0 radical (unpaired) electrons. The number of thiophene rings is 1.